The molecule has 1 amide bonds. The van der Waals surface area contributed by atoms with Gasteiger partial charge < -0.3 is 10.3 Å². The first-order valence-corrected chi connectivity index (χ1v) is 7.55. The number of H-pyrrole nitrogens is 2. The van der Waals surface area contributed by atoms with Crippen LogP contribution in [0.3, 0.4) is 0 Å². The van der Waals surface area contributed by atoms with E-state index in [1.807, 2.05) is 30.5 Å². The molecule has 0 aliphatic rings. The second-order valence-corrected chi connectivity index (χ2v) is 5.78. The van der Waals surface area contributed by atoms with Crippen LogP contribution in [0.4, 0.5) is 0 Å². The first-order chi connectivity index (χ1) is 11.2. The summed E-state index contributed by atoms with van der Waals surface area (Å²) in [7, 11) is 0. The Hall–Kier alpha value is -2.79. The molecule has 2 aromatic carbocycles. The molecule has 2 aromatic heterocycles. The van der Waals surface area contributed by atoms with Gasteiger partial charge in [-0.05, 0) is 35.9 Å². The van der Waals surface area contributed by atoms with Crippen LogP contribution in [0.5, 0.6) is 0 Å². The van der Waals surface area contributed by atoms with Crippen LogP contribution in [0.2, 0.25) is 5.02 Å². The molecule has 0 atom stereocenters. The van der Waals surface area contributed by atoms with Gasteiger partial charge in [0, 0.05) is 29.0 Å². The number of carbonyl (C=O) groups excluding carboxylic acids is 1. The van der Waals surface area contributed by atoms with E-state index in [4.69, 9.17) is 11.6 Å². The number of halogens is 1. The Labute approximate surface area is 136 Å². The third-order valence-corrected chi connectivity index (χ3v) is 4.16. The lowest BCUT2D eigenvalue weighted by Crippen LogP contribution is -2.23. The Morgan fingerprint density at radius 1 is 1.13 bits per heavy atom. The number of hydrogen-bond acceptors (Lipinski definition) is 2. The predicted molar refractivity (Wildman–Crippen MR) is 90.6 cm³/mol. The Morgan fingerprint density at radius 3 is 2.96 bits per heavy atom. The lowest BCUT2D eigenvalue weighted by Gasteiger charge is -2.07. The Morgan fingerprint density at radius 2 is 2.04 bits per heavy atom. The molecule has 23 heavy (non-hydrogen) atoms. The summed E-state index contributed by atoms with van der Waals surface area (Å²) in [6.07, 6.45) is 3.58. The SMILES string of the molecule is O=C(NCc1ccc2[nH]ncc2c1)c1cc2[nH]ccc2cc1Cl. The molecule has 3 N–H and O–H groups in total. The number of carbonyl (C=O) groups is 1. The summed E-state index contributed by atoms with van der Waals surface area (Å²) in [6, 6.07) is 11.4. The van der Waals surface area contributed by atoms with Gasteiger partial charge in [0.15, 0.2) is 0 Å². The average Bonchev–Trinajstić information content (AvgIpc) is 3.19. The number of fused-ring (bicyclic) bond motifs is 2. The first kappa shape index (κ1) is 13.8. The van der Waals surface area contributed by atoms with Crippen molar-refractivity contribution < 1.29 is 4.79 Å². The van der Waals surface area contributed by atoms with Crippen molar-refractivity contribution >= 4 is 39.3 Å². The zero-order chi connectivity index (χ0) is 15.8. The van der Waals surface area contributed by atoms with Gasteiger partial charge in [0.05, 0.1) is 22.3 Å². The Bertz CT molecular complexity index is 1020. The monoisotopic (exact) mass is 324 g/mol. The van der Waals surface area contributed by atoms with Crippen molar-refractivity contribution in [2.24, 2.45) is 0 Å². The standard InChI is InChI=1S/C17H13ClN4O/c18-14-6-11-3-4-19-16(11)7-13(14)17(23)20-8-10-1-2-15-12(5-10)9-21-22-15/h1-7,9,19H,8H2,(H,20,23)(H,21,22). The lowest BCUT2D eigenvalue weighted by atomic mass is 10.1. The van der Waals surface area contributed by atoms with Crippen molar-refractivity contribution in [3.05, 3.63) is 64.9 Å². The van der Waals surface area contributed by atoms with Gasteiger partial charge in [-0.25, -0.2) is 0 Å². The van der Waals surface area contributed by atoms with E-state index in [1.54, 1.807) is 18.3 Å². The minimum atomic E-state index is -0.196. The van der Waals surface area contributed by atoms with Crippen LogP contribution in [-0.4, -0.2) is 21.1 Å². The molecule has 114 valence electrons. The topological polar surface area (TPSA) is 73.6 Å². The molecule has 0 bridgehead atoms. The molecule has 6 heteroatoms. The number of aromatic amines is 2. The summed E-state index contributed by atoms with van der Waals surface area (Å²) in [6.45, 7) is 0.430. The number of rotatable bonds is 3. The Kier molecular flexibility index (Phi) is 3.28. The second kappa shape index (κ2) is 5.44. The molecule has 4 aromatic rings. The van der Waals surface area contributed by atoms with Crippen LogP contribution >= 0.6 is 11.6 Å². The molecule has 0 spiro atoms. The highest BCUT2D eigenvalue weighted by atomic mass is 35.5. The average molecular weight is 325 g/mol. The zero-order valence-electron chi connectivity index (χ0n) is 12.1. The van der Waals surface area contributed by atoms with Crippen molar-refractivity contribution in [3.63, 3.8) is 0 Å². The van der Waals surface area contributed by atoms with E-state index in [2.05, 4.69) is 20.5 Å². The van der Waals surface area contributed by atoms with Gasteiger partial charge in [-0.3, -0.25) is 9.89 Å². The molecule has 4 rings (SSSR count). The van der Waals surface area contributed by atoms with Crippen LogP contribution in [0.15, 0.2) is 48.8 Å². The number of aromatic nitrogens is 3. The molecule has 0 radical (unpaired) electrons. The van der Waals surface area contributed by atoms with E-state index in [9.17, 15) is 4.79 Å². The largest absolute Gasteiger partial charge is 0.361 e. The fraction of sp³-hybridized carbons (Fsp3) is 0.0588. The highest BCUT2D eigenvalue weighted by molar-refractivity contribution is 6.34. The van der Waals surface area contributed by atoms with Gasteiger partial charge >= 0.3 is 0 Å². The van der Waals surface area contributed by atoms with E-state index in [1.165, 1.54) is 0 Å². The van der Waals surface area contributed by atoms with E-state index in [-0.39, 0.29) is 5.91 Å². The van der Waals surface area contributed by atoms with Crippen molar-refractivity contribution in [1.29, 1.82) is 0 Å². The molecule has 0 saturated heterocycles. The van der Waals surface area contributed by atoms with E-state index in [0.717, 1.165) is 27.4 Å². The summed E-state index contributed by atoms with van der Waals surface area (Å²) < 4.78 is 0. The Balaban J connectivity index is 1.55. The van der Waals surface area contributed by atoms with Gasteiger partial charge in [-0.1, -0.05) is 17.7 Å². The van der Waals surface area contributed by atoms with Crippen molar-refractivity contribution in [3.8, 4) is 0 Å². The molecule has 0 fully saturated rings. The summed E-state index contributed by atoms with van der Waals surface area (Å²) in [5.41, 5.74) is 3.33. The number of nitrogens with one attached hydrogen (secondary N) is 3. The summed E-state index contributed by atoms with van der Waals surface area (Å²) in [4.78, 5) is 15.5. The van der Waals surface area contributed by atoms with Crippen LogP contribution in [0.1, 0.15) is 15.9 Å². The molecule has 0 aliphatic heterocycles. The van der Waals surface area contributed by atoms with Crippen LogP contribution in [0.25, 0.3) is 21.8 Å². The maximum Gasteiger partial charge on any atom is 0.253 e. The van der Waals surface area contributed by atoms with Crippen LogP contribution in [-0.2, 0) is 6.54 Å². The van der Waals surface area contributed by atoms with Crippen molar-refractivity contribution in [1.82, 2.24) is 20.5 Å². The van der Waals surface area contributed by atoms with Gasteiger partial charge in [0.1, 0.15) is 0 Å². The molecule has 5 nitrogen and oxygen atoms in total. The molecule has 2 heterocycles. The second-order valence-electron chi connectivity index (χ2n) is 5.37. The zero-order valence-corrected chi connectivity index (χ0v) is 12.8. The minimum absolute atomic E-state index is 0.196. The van der Waals surface area contributed by atoms with Crippen molar-refractivity contribution in [2.75, 3.05) is 0 Å². The van der Waals surface area contributed by atoms with Crippen LogP contribution < -0.4 is 5.32 Å². The number of benzene rings is 2. The summed E-state index contributed by atoms with van der Waals surface area (Å²) in [5.74, 6) is -0.196. The third-order valence-electron chi connectivity index (χ3n) is 3.84. The molecular formula is C17H13ClN4O. The number of nitrogens with zero attached hydrogens (tertiary/aromatic N) is 1. The smallest absolute Gasteiger partial charge is 0.253 e. The molecule has 0 saturated carbocycles. The lowest BCUT2D eigenvalue weighted by molar-refractivity contribution is 0.0951. The maximum absolute atomic E-state index is 12.4. The van der Waals surface area contributed by atoms with Crippen LogP contribution in [0, 0.1) is 0 Å². The number of amides is 1. The van der Waals surface area contributed by atoms with Gasteiger partial charge in [-0.2, -0.15) is 5.10 Å². The molecule has 0 aliphatic carbocycles. The highest BCUT2D eigenvalue weighted by Gasteiger charge is 2.12. The molecular weight excluding hydrogens is 312 g/mol. The first-order valence-electron chi connectivity index (χ1n) is 7.17. The van der Waals surface area contributed by atoms with E-state index >= 15 is 0 Å². The fourth-order valence-corrected chi connectivity index (χ4v) is 2.88. The summed E-state index contributed by atoms with van der Waals surface area (Å²) in [5, 5.41) is 12.2. The number of hydrogen-bond donors (Lipinski definition) is 3. The molecule has 0 unspecified atom stereocenters. The fourth-order valence-electron chi connectivity index (χ4n) is 2.63. The summed E-state index contributed by atoms with van der Waals surface area (Å²) >= 11 is 6.21. The predicted octanol–water partition coefficient (Wildman–Crippen LogP) is 3.63. The minimum Gasteiger partial charge on any atom is -0.361 e. The maximum atomic E-state index is 12.4. The van der Waals surface area contributed by atoms with Gasteiger partial charge in [0.25, 0.3) is 5.91 Å². The normalized spacial score (nSPS) is 11.2. The quantitative estimate of drug-likeness (QED) is 0.538. The van der Waals surface area contributed by atoms with E-state index in [0.29, 0.717) is 17.1 Å². The van der Waals surface area contributed by atoms with Gasteiger partial charge in [-0.15, -0.1) is 0 Å². The van der Waals surface area contributed by atoms with Crippen molar-refractivity contribution in [2.45, 2.75) is 6.54 Å². The highest BCUT2D eigenvalue weighted by Crippen LogP contribution is 2.23. The van der Waals surface area contributed by atoms with E-state index < -0.39 is 0 Å². The van der Waals surface area contributed by atoms with Gasteiger partial charge in [0.2, 0.25) is 0 Å². The third kappa shape index (κ3) is 2.55.